The number of rotatable bonds is 5. The number of ether oxygens (including phenoxy) is 1. The molecule has 0 spiro atoms. The van der Waals surface area contributed by atoms with Crippen LogP contribution in [0.2, 0.25) is 0 Å². The summed E-state index contributed by atoms with van der Waals surface area (Å²) in [5.41, 5.74) is 2.32. The molecule has 0 aliphatic heterocycles. The van der Waals surface area contributed by atoms with E-state index in [-0.39, 0.29) is 19.1 Å². The number of aliphatic hydroxyl groups excluding tert-OH is 1. The van der Waals surface area contributed by atoms with Gasteiger partial charge in [0.1, 0.15) is 5.75 Å². The molecule has 4 heteroatoms. The Kier molecular flexibility index (Phi) is 4.97. The molecule has 0 radical (unpaired) electrons. The van der Waals surface area contributed by atoms with Crippen LogP contribution in [0.25, 0.3) is 0 Å². The van der Waals surface area contributed by atoms with Gasteiger partial charge in [-0.1, -0.05) is 6.07 Å². The zero-order valence-corrected chi connectivity index (χ0v) is 10.5. The van der Waals surface area contributed by atoms with Crippen LogP contribution in [0.4, 0.5) is 0 Å². The van der Waals surface area contributed by atoms with Gasteiger partial charge in [0.05, 0.1) is 6.10 Å². The molecule has 0 aliphatic rings. The zero-order chi connectivity index (χ0) is 12.8. The van der Waals surface area contributed by atoms with Crippen molar-refractivity contribution in [1.82, 2.24) is 5.32 Å². The van der Waals surface area contributed by atoms with Crippen LogP contribution < -0.4 is 10.1 Å². The molecule has 2 N–H and O–H groups in total. The van der Waals surface area contributed by atoms with E-state index in [1.54, 1.807) is 6.92 Å². The number of aryl methyl sites for hydroxylation is 2. The molecule has 0 heterocycles. The Morgan fingerprint density at radius 1 is 1.41 bits per heavy atom. The van der Waals surface area contributed by atoms with Crippen molar-refractivity contribution in [2.75, 3.05) is 13.2 Å². The van der Waals surface area contributed by atoms with Crippen LogP contribution in [-0.2, 0) is 4.79 Å². The normalized spacial score (nSPS) is 12.0. The van der Waals surface area contributed by atoms with E-state index in [1.165, 1.54) is 5.56 Å². The monoisotopic (exact) mass is 237 g/mol. The third-order valence-electron chi connectivity index (χ3n) is 2.44. The van der Waals surface area contributed by atoms with E-state index in [0.29, 0.717) is 5.75 Å². The Morgan fingerprint density at radius 2 is 2.12 bits per heavy atom. The zero-order valence-electron chi connectivity index (χ0n) is 10.5. The highest BCUT2D eigenvalue weighted by molar-refractivity contribution is 5.77. The third-order valence-corrected chi connectivity index (χ3v) is 2.44. The van der Waals surface area contributed by atoms with Crippen molar-refractivity contribution < 1.29 is 14.6 Å². The predicted molar refractivity (Wildman–Crippen MR) is 66.1 cm³/mol. The first kappa shape index (κ1) is 13.5. The average Bonchev–Trinajstić information content (AvgIpc) is 2.28. The van der Waals surface area contributed by atoms with Crippen LogP contribution in [0, 0.1) is 13.8 Å². The Bertz CT molecular complexity index is 388. The van der Waals surface area contributed by atoms with Crippen LogP contribution >= 0.6 is 0 Å². The molecule has 0 bridgehead atoms. The summed E-state index contributed by atoms with van der Waals surface area (Å²) in [7, 11) is 0. The van der Waals surface area contributed by atoms with Gasteiger partial charge in [-0.25, -0.2) is 0 Å². The molecule has 1 aromatic carbocycles. The minimum absolute atomic E-state index is 0.0325. The minimum atomic E-state index is -0.541. The first-order valence-corrected chi connectivity index (χ1v) is 5.64. The third kappa shape index (κ3) is 4.87. The fourth-order valence-electron chi connectivity index (χ4n) is 1.27. The number of nitrogens with one attached hydrogen (secondary N) is 1. The highest BCUT2D eigenvalue weighted by Gasteiger charge is 2.04. The molecule has 0 saturated carbocycles. The molecule has 0 unspecified atom stereocenters. The summed E-state index contributed by atoms with van der Waals surface area (Å²) >= 11 is 0. The van der Waals surface area contributed by atoms with Crippen LogP contribution in [-0.4, -0.2) is 30.3 Å². The molecule has 1 rings (SSSR count). The summed E-state index contributed by atoms with van der Waals surface area (Å²) < 4.78 is 5.34. The van der Waals surface area contributed by atoms with Crippen molar-refractivity contribution in [2.45, 2.75) is 26.9 Å². The fourth-order valence-corrected chi connectivity index (χ4v) is 1.27. The lowest BCUT2D eigenvalue weighted by molar-refractivity contribution is -0.123. The number of carbonyl (C=O) groups excluding carboxylic acids is 1. The van der Waals surface area contributed by atoms with Crippen molar-refractivity contribution in [3.63, 3.8) is 0 Å². The molecule has 1 amide bonds. The van der Waals surface area contributed by atoms with Crippen LogP contribution in [0.15, 0.2) is 18.2 Å². The van der Waals surface area contributed by atoms with Crippen LogP contribution in [0.5, 0.6) is 5.75 Å². The number of aliphatic hydroxyl groups is 1. The highest BCUT2D eigenvalue weighted by atomic mass is 16.5. The van der Waals surface area contributed by atoms with Gasteiger partial charge in [0.25, 0.3) is 5.91 Å². The molecule has 0 aromatic heterocycles. The molecule has 4 nitrogen and oxygen atoms in total. The van der Waals surface area contributed by atoms with Crippen molar-refractivity contribution in [2.24, 2.45) is 0 Å². The molecule has 94 valence electrons. The van der Waals surface area contributed by atoms with Crippen molar-refractivity contribution in [3.05, 3.63) is 29.3 Å². The average molecular weight is 237 g/mol. The van der Waals surface area contributed by atoms with Gasteiger partial charge < -0.3 is 15.2 Å². The number of amides is 1. The van der Waals surface area contributed by atoms with E-state index in [1.807, 2.05) is 32.0 Å². The SMILES string of the molecule is Cc1ccc(OCC(=O)NC[C@@H](C)O)cc1C. The lowest BCUT2D eigenvalue weighted by Gasteiger charge is -2.09. The first-order chi connectivity index (χ1) is 7.99. The van der Waals surface area contributed by atoms with Crippen molar-refractivity contribution >= 4 is 5.91 Å². The smallest absolute Gasteiger partial charge is 0.258 e. The summed E-state index contributed by atoms with van der Waals surface area (Å²) in [6, 6.07) is 5.69. The number of hydrogen-bond acceptors (Lipinski definition) is 3. The second-order valence-corrected chi connectivity index (χ2v) is 4.19. The van der Waals surface area contributed by atoms with Gasteiger partial charge in [0.2, 0.25) is 0 Å². The summed E-state index contributed by atoms with van der Waals surface area (Å²) in [6.45, 7) is 5.85. The maximum atomic E-state index is 11.3. The van der Waals surface area contributed by atoms with E-state index in [9.17, 15) is 4.79 Å². The van der Waals surface area contributed by atoms with Gasteiger partial charge in [0, 0.05) is 6.54 Å². The summed E-state index contributed by atoms with van der Waals surface area (Å²) in [6.07, 6.45) is -0.541. The maximum Gasteiger partial charge on any atom is 0.258 e. The van der Waals surface area contributed by atoms with E-state index < -0.39 is 6.10 Å². The van der Waals surface area contributed by atoms with Gasteiger partial charge in [-0.3, -0.25) is 4.79 Å². The standard InChI is InChI=1S/C13H19NO3/c1-9-4-5-12(6-10(9)2)17-8-13(16)14-7-11(3)15/h4-6,11,15H,7-8H2,1-3H3,(H,14,16)/t11-/m1/s1. The van der Waals surface area contributed by atoms with E-state index in [0.717, 1.165) is 5.56 Å². The van der Waals surface area contributed by atoms with Crippen LogP contribution in [0.3, 0.4) is 0 Å². The summed E-state index contributed by atoms with van der Waals surface area (Å²) in [4.78, 5) is 11.3. The molecule has 0 aliphatic carbocycles. The van der Waals surface area contributed by atoms with Crippen LogP contribution in [0.1, 0.15) is 18.1 Å². The molecule has 1 atom stereocenters. The van der Waals surface area contributed by atoms with Gasteiger partial charge in [0.15, 0.2) is 6.61 Å². The molecule has 1 aromatic rings. The number of carbonyl (C=O) groups is 1. The Hall–Kier alpha value is -1.55. The van der Waals surface area contributed by atoms with E-state index in [4.69, 9.17) is 9.84 Å². The van der Waals surface area contributed by atoms with Gasteiger partial charge in [-0.15, -0.1) is 0 Å². The lowest BCUT2D eigenvalue weighted by Crippen LogP contribution is -2.34. The van der Waals surface area contributed by atoms with Gasteiger partial charge >= 0.3 is 0 Å². The summed E-state index contributed by atoms with van der Waals surface area (Å²) in [5, 5.41) is 11.6. The number of benzene rings is 1. The number of hydrogen-bond donors (Lipinski definition) is 2. The largest absolute Gasteiger partial charge is 0.484 e. The Labute approximate surface area is 102 Å². The molecular weight excluding hydrogens is 218 g/mol. The lowest BCUT2D eigenvalue weighted by atomic mass is 10.1. The fraction of sp³-hybridized carbons (Fsp3) is 0.462. The molecular formula is C13H19NO3. The second kappa shape index (κ2) is 6.25. The Morgan fingerprint density at radius 3 is 2.71 bits per heavy atom. The minimum Gasteiger partial charge on any atom is -0.484 e. The van der Waals surface area contributed by atoms with Gasteiger partial charge in [-0.05, 0) is 44.0 Å². The Balaban J connectivity index is 2.39. The maximum absolute atomic E-state index is 11.3. The molecule has 0 saturated heterocycles. The van der Waals surface area contributed by atoms with Crippen molar-refractivity contribution in [3.8, 4) is 5.75 Å². The van der Waals surface area contributed by atoms with E-state index >= 15 is 0 Å². The quantitative estimate of drug-likeness (QED) is 0.808. The van der Waals surface area contributed by atoms with E-state index in [2.05, 4.69) is 5.32 Å². The summed E-state index contributed by atoms with van der Waals surface area (Å²) in [5.74, 6) is 0.449. The molecule has 0 fully saturated rings. The predicted octanol–water partition coefficient (Wildman–Crippen LogP) is 1.18. The first-order valence-electron chi connectivity index (χ1n) is 5.64. The van der Waals surface area contributed by atoms with Gasteiger partial charge in [-0.2, -0.15) is 0 Å². The van der Waals surface area contributed by atoms with Crippen molar-refractivity contribution in [1.29, 1.82) is 0 Å². The second-order valence-electron chi connectivity index (χ2n) is 4.19. The molecule has 17 heavy (non-hydrogen) atoms. The highest BCUT2D eigenvalue weighted by Crippen LogP contribution is 2.16. The topological polar surface area (TPSA) is 58.6 Å².